The number of aromatic nitrogens is 2. The Morgan fingerprint density at radius 3 is 2.83 bits per heavy atom. The Morgan fingerprint density at radius 1 is 1.21 bits per heavy atom. The smallest absolute Gasteiger partial charge is 0.319 e. The van der Waals surface area contributed by atoms with Crippen LogP contribution in [0.4, 0.5) is 0 Å². The molecule has 24 heavy (non-hydrogen) atoms. The minimum Gasteiger partial charge on any atom is -0.465 e. The van der Waals surface area contributed by atoms with Crippen molar-refractivity contribution in [2.75, 3.05) is 13.2 Å². The zero-order valence-electron chi connectivity index (χ0n) is 13.1. The Labute approximate surface area is 143 Å². The number of carbonyl (C=O) groups is 1. The second-order valence-electron chi connectivity index (χ2n) is 6.02. The van der Waals surface area contributed by atoms with Crippen LogP contribution < -0.4 is 5.56 Å². The molecule has 3 heterocycles. The molecule has 0 spiro atoms. The molecule has 2 aliphatic heterocycles. The van der Waals surface area contributed by atoms with Crippen molar-refractivity contribution in [3.8, 4) is 0 Å². The maximum Gasteiger partial charge on any atom is 0.319 e. The number of hydrogen-bond donors (Lipinski definition) is 0. The van der Waals surface area contributed by atoms with E-state index in [1.165, 1.54) is 11.8 Å². The molecule has 2 atom stereocenters. The molecule has 1 aromatic heterocycles. The van der Waals surface area contributed by atoms with Gasteiger partial charge >= 0.3 is 5.97 Å². The average molecular weight is 346 g/mol. The van der Waals surface area contributed by atoms with Gasteiger partial charge < -0.3 is 9.47 Å². The number of para-hydroxylation sites is 1. The van der Waals surface area contributed by atoms with Gasteiger partial charge in [0.25, 0.3) is 5.56 Å². The summed E-state index contributed by atoms with van der Waals surface area (Å²) in [6, 6.07) is 7.31. The van der Waals surface area contributed by atoms with E-state index in [-0.39, 0.29) is 22.9 Å². The number of esters is 1. The standard InChI is InChI=1S/C17H18N2O4S/c20-15-12-5-1-2-6-13(12)18-17(24-14-7-9-23-16(14)21)19(15)10-11-4-3-8-22-11/h1-2,5-6,11,14H,3-4,7-10H2/t11-,14-/m1/s1. The molecule has 0 aliphatic carbocycles. The first-order valence-corrected chi connectivity index (χ1v) is 9.05. The van der Waals surface area contributed by atoms with Crippen LogP contribution in [0.2, 0.25) is 0 Å². The van der Waals surface area contributed by atoms with E-state index in [1.807, 2.05) is 18.2 Å². The van der Waals surface area contributed by atoms with E-state index in [2.05, 4.69) is 4.98 Å². The van der Waals surface area contributed by atoms with Crippen LogP contribution in [0.3, 0.4) is 0 Å². The summed E-state index contributed by atoms with van der Waals surface area (Å²) in [7, 11) is 0. The quantitative estimate of drug-likeness (QED) is 0.623. The van der Waals surface area contributed by atoms with Gasteiger partial charge in [-0.3, -0.25) is 14.2 Å². The molecule has 6 nitrogen and oxygen atoms in total. The van der Waals surface area contributed by atoms with Crippen molar-refractivity contribution in [1.82, 2.24) is 9.55 Å². The minimum atomic E-state index is -0.297. The van der Waals surface area contributed by atoms with Crippen LogP contribution in [-0.2, 0) is 20.8 Å². The van der Waals surface area contributed by atoms with E-state index in [0.717, 1.165) is 19.4 Å². The molecule has 0 unspecified atom stereocenters. The Kier molecular flexibility index (Phi) is 4.28. The Hall–Kier alpha value is -1.86. The molecule has 2 fully saturated rings. The van der Waals surface area contributed by atoms with Crippen LogP contribution in [0.25, 0.3) is 10.9 Å². The lowest BCUT2D eigenvalue weighted by Gasteiger charge is -2.17. The Balaban J connectivity index is 1.76. The van der Waals surface area contributed by atoms with Gasteiger partial charge in [-0.05, 0) is 25.0 Å². The van der Waals surface area contributed by atoms with E-state index in [0.29, 0.717) is 35.6 Å². The van der Waals surface area contributed by atoms with E-state index in [1.54, 1.807) is 10.6 Å². The Bertz CT molecular complexity index is 829. The van der Waals surface area contributed by atoms with Crippen molar-refractivity contribution in [3.63, 3.8) is 0 Å². The van der Waals surface area contributed by atoms with E-state index in [4.69, 9.17) is 9.47 Å². The van der Waals surface area contributed by atoms with E-state index in [9.17, 15) is 9.59 Å². The second kappa shape index (κ2) is 6.57. The van der Waals surface area contributed by atoms with E-state index >= 15 is 0 Å². The van der Waals surface area contributed by atoms with Crippen LogP contribution in [0.1, 0.15) is 19.3 Å². The summed E-state index contributed by atoms with van der Waals surface area (Å²) >= 11 is 1.32. The summed E-state index contributed by atoms with van der Waals surface area (Å²) in [5.41, 5.74) is 0.574. The van der Waals surface area contributed by atoms with Crippen LogP contribution in [0.5, 0.6) is 0 Å². The number of ether oxygens (including phenoxy) is 2. The van der Waals surface area contributed by atoms with Crippen molar-refractivity contribution in [3.05, 3.63) is 34.6 Å². The molecule has 0 amide bonds. The zero-order chi connectivity index (χ0) is 16.5. The van der Waals surface area contributed by atoms with Gasteiger partial charge in [0.05, 0.1) is 30.2 Å². The summed E-state index contributed by atoms with van der Waals surface area (Å²) in [4.78, 5) is 29.4. The average Bonchev–Trinajstić information content (AvgIpc) is 3.23. The third kappa shape index (κ3) is 2.93. The number of thioether (sulfide) groups is 1. The van der Waals surface area contributed by atoms with Gasteiger partial charge in [0.2, 0.25) is 0 Å². The van der Waals surface area contributed by atoms with E-state index < -0.39 is 0 Å². The van der Waals surface area contributed by atoms with Gasteiger partial charge in [0.15, 0.2) is 5.16 Å². The summed E-state index contributed by atoms with van der Waals surface area (Å²) in [5, 5.41) is 0.862. The molecular weight excluding hydrogens is 328 g/mol. The largest absolute Gasteiger partial charge is 0.465 e. The van der Waals surface area contributed by atoms with Crippen LogP contribution >= 0.6 is 11.8 Å². The molecule has 0 bridgehead atoms. The second-order valence-corrected chi connectivity index (χ2v) is 7.19. The first-order chi connectivity index (χ1) is 11.7. The predicted octanol–water partition coefficient (Wildman–Crippen LogP) is 1.98. The van der Waals surface area contributed by atoms with Gasteiger partial charge in [-0.25, -0.2) is 4.98 Å². The molecule has 2 saturated heterocycles. The number of rotatable bonds is 4. The van der Waals surface area contributed by atoms with Crippen molar-refractivity contribution in [2.45, 2.75) is 42.3 Å². The molecule has 4 rings (SSSR count). The fourth-order valence-electron chi connectivity index (χ4n) is 3.10. The molecule has 0 saturated carbocycles. The molecule has 2 aromatic rings. The summed E-state index contributed by atoms with van der Waals surface area (Å²) < 4.78 is 12.4. The first kappa shape index (κ1) is 15.7. The monoisotopic (exact) mass is 346 g/mol. The normalized spacial score (nSPS) is 23.8. The SMILES string of the molecule is O=C1OCC[C@H]1Sc1nc2ccccc2c(=O)n1C[C@H]1CCCO1. The number of hydrogen-bond acceptors (Lipinski definition) is 6. The van der Waals surface area contributed by atoms with Crippen LogP contribution in [0.15, 0.2) is 34.2 Å². The van der Waals surface area contributed by atoms with Crippen molar-refractivity contribution >= 4 is 28.6 Å². The fourth-order valence-corrected chi connectivity index (χ4v) is 4.17. The summed E-state index contributed by atoms with van der Waals surface area (Å²) in [6.45, 7) is 1.64. The zero-order valence-corrected chi connectivity index (χ0v) is 14.0. The maximum atomic E-state index is 12.9. The summed E-state index contributed by atoms with van der Waals surface area (Å²) in [6.07, 6.45) is 2.62. The van der Waals surface area contributed by atoms with Gasteiger partial charge in [-0.2, -0.15) is 0 Å². The highest BCUT2D eigenvalue weighted by atomic mass is 32.2. The number of cyclic esters (lactones) is 1. The van der Waals surface area contributed by atoms with Crippen LogP contribution in [-0.4, -0.2) is 40.1 Å². The molecular formula is C17H18N2O4S. The number of fused-ring (bicyclic) bond motifs is 1. The highest BCUT2D eigenvalue weighted by molar-refractivity contribution is 8.00. The first-order valence-electron chi connectivity index (χ1n) is 8.17. The lowest BCUT2D eigenvalue weighted by Crippen LogP contribution is -2.29. The third-order valence-corrected chi connectivity index (χ3v) is 5.61. The summed E-state index contributed by atoms with van der Waals surface area (Å²) in [5.74, 6) is -0.230. The number of nitrogens with zero attached hydrogens (tertiary/aromatic N) is 2. The maximum absolute atomic E-state index is 12.9. The molecule has 1 aromatic carbocycles. The lowest BCUT2D eigenvalue weighted by atomic mass is 10.2. The molecule has 7 heteroatoms. The minimum absolute atomic E-state index is 0.0283. The lowest BCUT2D eigenvalue weighted by molar-refractivity contribution is -0.137. The molecule has 126 valence electrons. The molecule has 2 aliphatic rings. The van der Waals surface area contributed by atoms with Crippen LogP contribution in [0, 0.1) is 0 Å². The number of carbonyl (C=O) groups excluding carboxylic acids is 1. The van der Waals surface area contributed by atoms with Crippen molar-refractivity contribution < 1.29 is 14.3 Å². The molecule has 0 N–H and O–H groups in total. The third-order valence-electron chi connectivity index (χ3n) is 4.37. The fraction of sp³-hybridized carbons (Fsp3) is 0.471. The van der Waals surface area contributed by atoms with Gasteiger partial charge in [0.1, 0.15) is 5.25 Å². The van der Waals surface area contributed by atoms with Crippen molar-refractivity contribution in [2.24, 2.45) is 0 Å². The van der Waals surface area contributed by atoms with Crippen molar-refractivity contribution in [1.29, 1.82) is 0 Å². The predicted molar refractivity (Wildman–Crippen MR) is 90.2 cm³/mol. The van der Waals surface area contributed by atoms with Gasteiger partial charge in [0, 0.05) is 13.0 Å². The highest BCUT2D eigenvalue weighted by Gasteiger charge is 2.30. The Morgan fingerprint density at radius 2 is 2.08 bits per heavy atom. The topological polar surface area (TPSA) is 70.4 Å². The molecule has 0 radical (unpaired) electrons. The number of benzene rings is 1. The van der Waals surface area contributed by atoms with Gasteiger partial charge in [-0.1, -0.05) is 23.9 Å². The highest BCUT2D eigenvalue weighted by Crippen LogP contribution is 2.29. The van der Waals surface area contributed by atoms with Gasteiger partial charge in [-0.15, -0.1) is 0 Å².